The molecule has 0 radical (unpaired) electrons. The third-order valence-electron chi connectivity index (χ3n) is 4.54. The molecule has 0 aromatic rings. The molecule has 2 fully saturated rings. The van der Waals surface area contributed by atoms with E-state index in [4.69, 9.17) is 4.74 Å². The van der Waals surface area contributed by atoms with E-state index in [0.29, 0.717) is 11.8 Å². The number of halogens is 1. The standard InChI is InChI=1S/C14H23IO3/c1-4-11(15)13(16)18-12-7-8-5-9(12)10(6-8)14(2,3)17/h8-12,17H,4-7H2,1-3H3. The summed E-state index contributed by atoms with van der Waals surface area (Å²) in [7, 11) is 0. The Bertz CT molecular complexity index is 323. The lowest BCUT2D eigenvalue weighted by atomic mass is 9.77. The van der Waals surface area contributed by atoms with E-state index in [0.717, 1.165) is 25.7 Å². The van der Waals surface area contributed by atoms with Gasteiger partial charge in [0, 0.05) is 5.92 Å². The van der Waals surface area contributed by atoms with E-state index in [-0.39, 0.29) is 21.9 Å². The third kappa shape index (κ3) is 2.84. The maximum Gasteiger partial charge on any atom is 0.319 e. The molecule has 18 heavy (non-hydrogen) atoms. The molecule has 0 saturated heterocycles. The van der Waals surface area contributed by atoms with E-state index in [2.05, 4.69) is 22.6 Å². The van der Waals surface area contributed by atoms with E-state index in [1.54, 1.807) is 0 Å². The molecule has 1 N–H and O–H groups in total. The molecule has 3 nitrogen and oxygen atoms in total. The highest BCUT2D eigenvalue weighted by atomic mass is 127. The predicted octanol–water partition coefficient (Wildman–Crippen LogP) is 2.93. The molecule has 5 unspecified atom stereocenters. The number of carbonyl (C=O) groups excluding carboxylic acids is 1. The summed E-state index contributed by atoms with van der Waals surface area (Å²) in [6.07, 6.45) is 4.05. The largest absolute Gasteiger partial charge is 0.461 e. The first-order valence-corrected chi connectivity index (χ1v) is 8.14. The molecular weight excluding hydrogens is 343 g/mol. The zero-order chi connectivity index (χ0) is 13.5. The van der Waals surface area contributed by atoms with Gasteiger partial charge in [-0.25, -0.2) is 0 Å². The van der Waals surface area contributed by atoms with Gasteiger partial charge in [-0.05, 0) is 51.4 Å². The molecule has 0 aliphatic heterocycles. The second-order valence-corrected chi connectivity index (χ2v) is 7.85. The molecule has 104 valence electrons. The Hall–Kier alpha value is 0.160. The summed E-state index contributed by atoms with van der Waals surface area (Å²) in [5, 5.41) is 10.2. The van der Waals surface area contributed by atoms with Crippen LogP contribution in [0.1, 0.15) is 46.5 Å². The average Bonchev–Trinajstić information content (AvgIpc) is 2.86. The molecule has 2 rings (SSSR count). The van der Waals surface area contributed by atoms with Crippen molar-refractivity contribution in [3.05, 3.63) is 0 Å². The van der Waals surface area contributed by atoms with Crippen molar-refractivity contribution >= 4 is 28.6 Å². The number of ether oxygens (including phenoxy) is 1. The lowest BCUT2D eigenvalue weighted by Crippen LogP contribution is -2.41. The Balaban J connectivity index is 1.98. The van der Waals surface area contributed by atoms with E-state index in [1.807, 2.05) is 20.8 Å². The van der Waals surface area contributed by atoms with Crippen molar-refractivity contribution in [1.82, 2.24) is 0 Å². The lowest BCUT2D eigenvalue weighted by Gasteiger charge is -2.36. The van der Waals surface area contributed by atoms with Crippen LogP contribution in [0.15, 0.2) is 0 Å². The molecule has 5 atom stereocenters. The Labute approximate surface area is 123 Å². The summed E-state index contributed by atoms with van der Waals surface area (Å²) in [5.74, 6) is 1.20. The number of carbonyl (C=O) groups is 1. The number of alkyl halides is 1. The van der Waals surface area contributed by atoms with Gasteiger partial charge in [0.05, 0.1) is 5.60 Å². The fraction of sp³-hybridized carbons (Fsp3) is 0.929. The van der Waals surface area contributed by atoms with Crippen molar-refractivity contribution in [2.45, 2.75) is 62.1 Å². The summed E-state index contributed by atoms with van der Waals surface area (Å²) in [6, 6.07) is 0. The number of rotatable bonds is 4. The van der Waals surface area contributed by atoms with Gasteiger partial charge in [0.25, 0.3) is 0 Å². The molecule has 2 bridgehead atoms. The highest BCUT2D eigenvalue weighted by molar-refractivity contribution is 14.1. The quantitative estimate of drug-likeness (QED) is 0.473. The molecule has 4 heteroatoms. The maximum atomic E-state index is 11.9. The van der Waals surface area contributed by atoms with Crippen LogP contribution in [0.5, 0.6) is 0 Å². The van der Waals surface area contributed by atoms with Gasteiger partial charge in [0.15, 0.2) is 0 Å². The molecule has 2 saturated carbocycles. The fourth-order valence-corrected chi connectivity index (χ4v) is 3.77. The van der Waals surface area contributed by atoms with Gasteiger partial charge >= 0.3 is 5.97 Å². The predicted molar refractivity (Wildman–Crippen MR) is 78.6 cm³/mol. The zero-order valence-corrected chi connectivity index (χ0v) is 13.5. The monoisotopic (exact) mass is 366 g/mol. The fourth-order valence-electron chi connectivity index (χ4n) is 3.62. The third-order valence-corrected chi connectivity index (χ3v) is 5.93. The van der Waals surface area contributed by atoms with Crippen LogP contribution >= 0.6 is 22.6 Å². The summed E-state index contributed by atoms with van der Waals surface area (Å²) in [4.78, 5) is 11.9. The van der Waals surface area contributed by atoms with Crippen molar-refractivity contribution in [3.8, 4) is 0 Å². The van der Waals surface area contributed by atoms with Gasteiger partial charge in [-0.2, -0.15) is 0 Å². The second kappa shape index (κ2) is 5.27. The highest BCUT2D eigenvalue weighted by Gasteiger charge is 2.52. The van der Waals surface area contributed by atoms with E-state index < -0.39 is 5.60 Å². The Kier molecular flexibility index (Phi) is 4.26. The van der Waals surface area contributed by atoms with E-state index in [1.165, 1.54) is 0 Å². The number of aliphatic hydroxyl groups is 1. The Morgan fingerprint density at radius 3 is 2.61 bits per heavy atom. The minimum Gasteiger partial charge on any atom is -0.461 e. The number of hydrogen-bond donors (Lipinski definition) is 1. The number of fused-ring (bicyclic) bond motifs is 2. The van der Waals surface area contributed by atoms with Crippen LogP contribution in [0.3, 0.4) is 0 Å². The second-order valence-electron chi connectivity index (χ2n) is 6.35. The van der Waals surface area contributed by atoms with Crippen LogP contribution in [-0.4, -0.2) is 26.7 Å². The summed E-state index contributed by atoms with van der Waals surface area (Å²) < 4.78 is 5.63. The van der Waals surface area contributed by atoms with Crippen LogP contribution in [0, 0.1) is 17.8 Å². The van der Waals surface area contributed by atoms with Crippen molar-refractivity contribution in [2.75, 3.05) is 0 Å². The van der Waals surface area contributed by atoms with Gasteiger partial charge in [-0.3, -0.25) is 4.79 Å². The Morgan fingerprint density at radius 2 is 2.11 bits per heavy atom. The van der Waals surface area contributed by atoms with Crippen molar-refractivity contribution in [1.29, 1.82) is 0 Å². The highest BCUT2D eigenvalue weighted by Crippen LogP contribution is 2.53. The van der Waals surface area contributed by atoms with Gasteiger partial charge in [-0.1, -0.05) is 29.5 Å². The Morgan fingerprint density at radius 1 is 1.44 bits per heavy atom. The van der Waals surface area contributed by atoms with Gasteiger partial charge in [0.2, 0.25) is 0 Å². The SMILES string of the molecule is CCC(I)C(=O)OC1CC2CC1C(C(C)(C)O)C2. The van der Waals surface area contributed by atoms with Crippen LogP contribution in [0.25, 0.3) is 0 Å². The smallest absolute Gasteiger partial charge is 0.319 e. The number of esters is 1. The zero-order valence-electron chi connectivity index (χ0n) is 11.4. The van der Waals surface area contributed by atoms with Crippen molar-refractivity contribution in [2.24, 2.45) is 17.8 Å². The molecule has 2 aliphatic rings. The number of hydrogen-bond acceptors (Lipinski definition) is 3. The maximum absolute atomic E-state index is 11.9. The van der Waals surface area contributed by atoms with Crippen LogP contribution < -0.4 is 0 Å². The normalized spacial score (nSPS) is 36.7. The molecule has 0 aromatic carbocycles. The average molecular weight is 366 g/mol. The first kappa shape index (κ1) is 14.6. The summed E-state index contributed by atoms with van der Waals surface area (Å²) in [6.45, 7) is 5.76. The minimum absolute atomic E-state index is 0.0384. The molecule has 0 amide bonds. The van der Waals surface area contributed by atoms with Gasteiger partial charge in [-0.15, -0.1) is 0 Å². The minimum atomic E-state index is -0.654. The van der Waals surface area contributed by atoms with E-state index in [9.17, 15) is 9.90 Å². The first-order chi connectivity index (χ1) is 8.32. The lowest BCUT2D eigenvalue weighted by molar-refractivity contribution is -0.154. The molecule has 0 aromatic heterocycles. The summed E-state index contributed by atoms with van der Waals surface area (Å²) >= 11 is 2.15. The first-order valence-electron chi connectivity index (χ1n) is 6.89. The van der Waals surface area contributed by atoms with Crippen molar-refractivity contribution in [3.63, 3.8) is 0 Å². The van der Waals surface area contributed by atoms with Gasteiger partial charge < -0.3 is 9.84 Å². The topological polar surface area (TPSA) is 46.5 Å². The van der Waals surface area contributed by atoms with Crippen LogP contribution in [0.4, 0.5) is 0 Å². The molecule has 2 aliphatic carbocycles. The van der Waals surface area contributed by atoms with Crippen LogP contribution in [0.2, 0.25) is 0 Å². The van der Waals surface area contributed by atoms with Gasteiger partial charge in [0.1, 0.15) is 10.0 Å². The molecule has 0 spiro atoms. The summed E-state index contributed by atoms with van der Waals surface area (Å²) in [5.41, 5.74) is -0.654. The van der Waals surface area contributed by atoms with E-state index >= 15 is 0 Å². The molecular formula is C14H23IO3. The van der Waals surface area contributed by atoms with Crippen LogP contribution in [-0.2, 0) is 9.53 Å². The van der Waals surface area contributed by atoms with Crippen molar-refractivity contribution < 1.29 is 14.6 Å². The molecule has 0 heterocycles.